The van der Waals surface area contributed by atoms with Gasteiger partial charge in [-0.25, -0.2) is 4.98 Å². The van der Waals surface area contributed by atoms with Gasteiger partial charge in [-0.3, -0.25) is 9.78 Å². The molecule has 28 heavy (non-hydrogen) atoms. The molecule has 4 aromatic rings. The lowest BCUT2D eigenvalue weighted by Gasteiger charge is -2.09. The van der Waals surface area contributed by atoms with Crippen molar-refractivity contribution < 1.29 is 9.21 Å². The number of nitrogens with zero attached hydrogens (tertiary/aromatic N) is 2. The van der Waals surface area contributed by atoms with Crippen LogP contribution < -0.4 is 10.6 Å². The number of hydrogen-bond donors (Lipinski definition) is 2. The van der Waals surface area contributed by atoms with Crippen LogP contribution in [0.2, 0.25) is 0 Å². The third kappa shape index (κ3) is 4.21. The number of aromatic nitrogens is 2. The Labute approximate surface area is 166 Å². The van der Waals surface area contributed by atoms with Gasteiger partial charge in [0.05, 0.1) is 12.0 Å². The zero-order valence-corrected chi connectivity index (χ0v) is 15.6. The molecule has 0 fully saturated rings. The predicted octanol–water partition coefficient (Wildman–Crippen LogP) is 3.95. The second-order valence-corrected chi connectivity index (χ2v) is 6.52. The maximum atomic E-state index is 12.1. The summed E-state index contributed by atoms with van der Waals surface area (Å²) in [6.45, 7) is 0. The highest BCUT2D eigenvalue weighted by Gasteiger charge is 2.10. The van der Waals surface area contributed by atoms with Crippen LogP contribution in [-0.2, 0) is 11.2 Å². The number of benzene rings is 2. The highest BCUT2D eigenvalue weighted by molar-refractivity contribution is 7.80. The van der Waals surface area contributed by atoms with Crippen LogP contribution in [0.3, 0.4) is 0 Å². The molecule has 2 aromatic heterocycles. The molecule has 2 heterocycles. The number of amides is 1. The Bertz CT molecular complexity index is 1130. The Morgan fingerprint density at radius 2 is 1.93 bits per heavy atom. The Morgan fingerprint density at radius 1 is 1.07 bits per heavy atom. The van der Waals surface area contributed by atoms with Gasteiger partial charge in [0.25, 0.3) is 0 Å². The van der Waals surface area contributed by atoms with E-state index in [0.29, 0.717) is 22.7 Å². The highest BCUT2D eigenvalue weighted by Crippen LogP contribution is 2.25. The number of oxazole rings is 1. The van der Waals surface area contributed by atoms with Crippen molar-refractivity contribution in [1.29, 1.82) is 0 Å². The molecule has 138 valence electrons. The van der Waals surface area contributed by atoms with Crippen molar-refractivity contribution >= 4 is 40.0 Å². The standard InChI is InChI=1S/C21H16N4O2S/c26-19(11-14-5-2-1-3-6-14)25-21(28)23-16-8-9-18-17(12-16)24-20(27-18)15-7-4-10-22-13-15/h1-10,12-13H,11H2,(H2,23,25,26,28). The third-order valence-electron chi connectivity index (χ3n) is 4.01. The number of carbonyl (C=O) groups excluding carboxylic acids is 1. The van der Waals surface area contributed by atoms with Crippen LogP contribution in [0.25, 0.3) is 22.6 Å². The topological polar surface area (TPSA) is 80.0 Å². The minimum absolute atomic E-state index is 0.176. The molecule has 2 aromatic carbocycles. The lowest BCUT2D eigenvalue weighted by Crippen LogP contribution is -2.35. The number of rotatable bonds is 4. The van der Waals surface area contributed by atoms with Crippen molar-refractivity contribution in [3.63, 3.8) is 0 Å². The second kappa shape index (κ2) is 7.98. The number of anilines is 1. The number of thiocarbonyl (C=S) groups is 1. The summed E-state index contributed by atoms with van der Waals surface area (Å²) >= 11 is 5.24. The van der Waals surface area contributed by atoms with Gasteiger partial charge in [0.15, 0.2) is 10.7 Å². The van der Waals surface area contributed by atoms with Crippen molar-refractivity contribution in [2.45, 2.75) is 6.42 Å². The second-order valence-electron chi connectivity index (χ2n) is 6.11. The molecule has 7 heteroatoms. The Balaban J connectivity index is 1.43. The minimum atomic E-state index is -0.176. The van der Waals surface area contributed by atoms with Gasteiger partial charge in [0, 0.05) is 18.1 Å². The average molecular weight is 388 g/mol. The van der Waals surface area contributed by atoms with Crippen LogP contribution >= 0.6 is 12.2 Å². The first kappa shape index (κ1) is 17.8. The highest BCUT2D eigenvalue weighted by atomic mass is 32.1. The summed E-state index contributed by atoms with van der Waals surface area (Å²) in [5.74, 6) is 0.323. The van der Waals surface area contributed by atoms with Crippen LogP contribution in [0.4, 0.5) is 5.69 Å². The maximum absolute atomic E-state index is 12.1. The lowest BCUT2D eigenvalue weighted by atomic mass is 10.1. The fourth-order valence-corrected chi connectivity index (χ4v) is 2.96. The molecule has 1 amide bonds. The summed E-state index contributed by atoms with van der Waals surface area (Å²) in [6.07, 6.45) is 3.65. The van der Waals surface area contributed by atoms with Gasteiger partial charge in [-0.2, -0.15) is 0 Å². The van der Waals surface area contributed by atoms with E-state index < -0.39 is 0 Å². The molecule has 0 saturated heterocycles. The smallest absolute Gasteiger partial charge is 0.230 e. The number of nitrogens with one attached hydrogen (secondary N) is 2. The zero-order valence-electron chi connectivity index (χ0n) is 14.8. The molecule has 2 N–H and O–H groups in total. The number of pyridine rings is 1. The van der Waals surface area contributed by atoms with E-state index in [1.165, 1.54) is 0 Å². The molecule has 0 radical (unpaired) electrons. The zero-order chi connectivity index (χ0) is 19.3. The van der Waals surface area contributed by atoms with Crippen LogP contribution in [0.1, 0.15) is 5.56 Å². The maximum Gasteiger partial charge on any atom is 0.230 e. The van der Waals surface area contributed by atoms with E-state index in [2.05, 4.69) is 20.6 Å². The van der Waals surface area contributed by atoms with Crippen LogP contribution in [0.5, 0.6) is 0 Å². The largest absolute Gasteiger partial charge is 0.436 e. The normalized spacial score (nSPS) is 10.6. The first-order valence-corrected chi connectivity index (χ1v) is 9.04. The van der Waals surface area contributed by atoms with E-state index >= 15 is 0 Å². The fourth-order valence-electron chi connectivity index (χ4n) is 2.73. The third-order valence-corrected chi connectivity index (χ3v) is 4.22. The van der Waals surface area contributed by atoms with Gasteiger partial charge in [-0.1, -0.05) is 30.3 Å². The first-order chi connectivity index (χ1) is 13.7. The van der Waals surface area contributed by atoms with Crippen molar-refractivity contribution in [1.82, 2.24) is 15.3 Å². The van der Waals surface area contributed by atoms with E-state index in [1.54, 1.807) is 18.5 Å². The van der Waals surface area contributed by atoms with E-state index in [9.17, 15) is 4.79 Å². The molecule has 0 bridgehead atoms. The van der Waals surface area contributed by atoms with Gasteiger partial charge < -0.3 is 15.1 Å². The van der Waals surface area contributed by atoms with Gasteiger partial charge >= 0.3 is 0 Å². The van der Waals surface area contributed by atoms with Crippen LogP contribution in [-0.4, -0.2) is 21.0 Å². The van der Waals surface area contributed by atoms with Gasteiger partial charge in [0.1, 0.15) is 5.52 Å². The summed E-state index contributed by atoms with van der Waals surface area (Å²) < 4.78 is 5.76. The van der Waals surface area contributed by atoms with E-state index in [-0.39, 0.29) is 17.4 Å². The van der Waals surface area contributed by atoms with Gasteiger partial charge in [-0.05, 0) is 48.1 Å². The van der Waals surface area contributed by atoms with E-state index in [0.717, 1.165) is 11.1 Å². The molecule has 0 aliphatic carbocycles. The van der Waals surface area contributed by atoms with Crippen molar-refractivity contribution in [3.8, 4) is 11.5 Å². The van der Waals surface area contributed by atoms with Crippen molar-refractivity contribution in [2.75, 3.05) is 5.32 Å². The average Bonchev–Trinajstić information content (AvgIpc) is 3.12. The molecule has 6 nitrogen and oxygen atoms in total. The van der Waals surface area contributed by atoms with Crippen LogP contribution in [0.15, 0.2) is 77.5 Å². The Morgan fingerprint density at radius 3 is 2.71 bits per heavy atom. The quantitative estimate of drug-likeness (QED) is 0.516. The van der Waals surface area contributed by atoms with Crippen LogP contribution in [0, 0.1) is 0 Å². The van der Waals surface area contributed by atoms with Gasteiger partial charge in [0.2, 0.25) is 11.8 Å². The predicted molar refractivity (Wildman–Crippen MR) is 112 cm³/mol. The minimum Gasteiger partial charge on any atom is -0.436 e. The molecule has 0 spiro atoms. The summed E-state index contributed by atoms with van der Waals surface area (Å²) in [6, 6.07) is 18.6. The van der Waals surface area contributed by atoms with E-state index in [1.807, 2.05) is 54.6 Å². The Hall–Kier alpha value is -3.58. The van der Waals surface area contributed by atoms with Crippen molar-refractivity contribution in [3.05, 3.63) is 78.6 Å². The SMILES string of the molecule is O=C(Cc1ccccc1)NC(=S)Nc1ccc2oc(-c3cccnc3)nc2c1. The molecule has 0 aliphatic heterocycles. The summed E-state index contributed by atoms with van der Waals surface area (Å²) in [5, 5.41) is 5.92. The molecule has 4 rings (SSSR count). The number of carbonyl (C=O) groups is 1. The molecule has 0 unspecified atom stereocenters. The number of hydrogen-bond acceptors (Lipinski definition) is 5. The molecular formula is C21H16N4O2S. The summed E-state index contributed by atoms with van der Waals surface area (Å²) in [5.41, 5.74) is 3.78. The lowest BCUT2D eigenvalue weighted by molar-refractivity contribution is -0.119. The number of fused-ring (bicyclic) bond motifs is 1. The summed E-state index contributed by atoms with van der Waals surface area (Å²) in [7, 11) is 0. The Kier molecular flexibility index (Phi) is 5.07. The van der Waals surface area contributed by atoms with Crippen molar-refractivity contribution in [2.24, 2.45) is 0 Å². The van der Waals surface area contributed by atoms with E-state index in [4.69, 9.17) is 16.6 Å². The molecular weight excluding hydrogens is 372 g/mol. The monoisotopic (exact) mass is 388 g/mol. The first-order valence-electron chi connectivity index (χ1n) is 8.63. The summed E-state index contributed by atoms with van der Waals surface area (Å²) in [4.78, 5) is 20.7. The molecule has 0 atom stereocenters. The molecule has 0 saturated carbocycles. The van der Waals surface area contributed by atoms with Gasteiger partial charge in [-0.15, -0.1) is 0 Å². The fraction of sp³-hybridized carbons (Fsp3) is 0.0476. The molecule has 0 aliphatic rings.